The fourth-order valence-electron chi connectivity index (χ4n) is 4.70. The van der Waals surface area contributed by atoms with Crippen molar-refractivity contribution in [3.8, 4) is 0 Å². The van der Waals surface area contributed by atoms with Gasteiger partial charge in [0.15, 0.2) is 0 Å². The molecule has 0 bridgehead atoms. The molecule has 2 heterocycles. The topological polar surface area (TPSA) is 52.7 Å². The Kier molecular flexibility index (Phi) is 5.01. The third-order valence-electron chi connectivity index (χ3n) is 6.07. The SMILES string of the molecule is CCN1C(=O)N(C2CCC(C(F)(F)F)CC2)C(=O)C12CCCNCC2. The summed E-state index contributed by atoms with van der Waals surface area (Å²) in [6.07, 6.45) is -1.72. The van der Waals surface area contributed by atoms with Crippen LogP contribution in [0.3, 0.4) is 0 Å². The first kappa shape index (κ1) is 18.5. The molecule has 142 valence electrons. The van der Waals surface area contributed by atoms with E-state index >= 15 is 0 Å². The monoisotopic (exact) mass is 361 g/mol. The van der Waals surface area contributed by atoms with Gasteiger partial charge in [0, 0.05) is 12.6 Å². The van der Waals surface area contributed by atoms with E-state index in [9.17, 15) is 22.8 Å². The summed E-state index contributed by atoms with van der Waals surface area (Å²) in [5, 5.41) is 3.26. The maximum absolute atomic E-state index is 13.2. The van der Waals surface area contributed by atoms with Gasteiger partial charge in [0.2, 0.25) is 0 Å². The van der Waals surface area contributed by atoms with Crippen LogP contribution in [0.4, 0.5) is 18.0 Å². The molecule has 0 aromatic heterocycles. The first-order valence-electron chi connectivity index (χ1n) is 9.24. The van der Waals surface area contributed by atoms with Crippen LogP contribution < -0.4 is 5.32 Å². The predicted octanol–water partition coefficient (Wildman–Crippen LogP) is 2.90. The molecule has 1 saturated carbocycles. The molecule has 1 N–H and O–H groups in total. The minimum atomic E-state index is -4.19. The zero-order valence-electron chi connectivity index (χ0n) is 14.6. The molecule has 1 spiro atoms. The Bertz CT molecular complexity index is 522. The summed E-state index contributed by atoms with van der Waals surface area (Å²) < 4.78 is 38.7. The zero-order valence-corrected chi connectivity index (χ0v) is 14.6. The fourth-order valence-corrected chi connectivity index (χ4v) is 4.70. The van der Waals surface area contributed by atoms with Gasteiger partial charge >= 0.3 is 12.2 Å². The fraction of sp³-hybridized carbons (Fsp3) is 0.882. The summed E-state index contributed by atoms with van der Waals surface area (Å²) in [4.78, 5) is 29.0. The van der Waals surface area contributed by atoms with Gasteiger partial charge in [-0.05, 0) is 65.0 Å². The van der Waals surface area contributed by atoms with Crippen molar-refractivity contribution < 1.29 is 22.8 Å². The van der Waals surface area contributed by atoms with E-state index in [2.05, 4.69) is 5.32 Å². The molecule has 1 unspecified atom stereocenters. The lowest BCUT2D eigenvalue weighted by molar-refractivity contribution is -0.184. The second kappa shape index (κ2) is 6.78. The normalized spacial score (nSPS) is 34.7. The first-order valence-corrected chi connectivity index (χ1v) is 9.24. The van der Waals surface area contributed by atoms with Crippen LogP contribution in [0.25, 0.3) is 0 Å². The van der Waals surface area contributed by atoms with E-state index in [1.165, 1.54) is 4.90 Å². The van der Waals surface area contributed by atoms with Gasteiger partial charge in [-0.1, -0.05) is 0 Å². The molecule has 5 nitrogen and oxygen atoms in total. The lowest BCUT2D eigenvalue weighted by atomic mass is 9.84. The number of rotatable bonds is 2. The number of urea groups is 1. The van der Waals surface area contributed by atoms with Crippen LogP contribution in [-0.4, -0.2) is 59.1 Å². The number of hydrogen-bond acceptors (Lipinski definition) is 3. The number of alkyl halides is 3. The minimum absolute atomic E-state index is 0.00803. The Hall–Kier alpha value is -1.31. The molecule has 3 aliphatic rings. The van der Waals surface area contributed by atoms with Gasteiger partial charge in [-0.25, -0.2) is 4.79 Å². The van der Waals surface area contributed by atoms with E-state index in [0.29, 0.717) is 25.9 Å². The number of carbonyl (C=O) groups is 2. The number of nitrogens with zero attached hydrogens (tertiary/aromatic N) is 2. The van der Waals surface area contributed by atoms with Crippen molar-refractivity contribution in [2.24, 2.45) is 5.92 Å². The molecule has 8 heteroatoms. The second-order valence-corrected chi connectivity index (χ2v) is 7.38. The van der Waals surface area contributed by atoms with Crippen molar-refractivity contribution in [3.05, 3.63) is 0 Å². The van der Waals surface area contributed by atoms with Crippen LogP contribution in [0.1, 0.15) is 51.9 Å². The maximum atomic E-state index is 13.2. The van der Waals surface area contributed by atoms with E-state index in [4.69, 9.17) is 0 Å². The summed E-state index contributed by atoms with van der Waals surface area (Å²) in [5.74, 6) is -1.51. The van der Waals surface area contributed by atoms with Gasteiger partial charge in [0.1, 0.15) is 5.54 Å². The highest BCUT2D eigenvalue weighted by Gasteiger charge is 2.58. The molecule has 25 heavy (non-hydrogen) atoms. The van der Waals surface area contributed by atoms with Gasteiger partial charge in [-0.3, -0.25) is 9.69 Å². The molecule has 3 fully saturated rings. The Morgan fingerprint density at radius 2 is 1.80 bits per heavy atom. The van der Waals surface area contributed by atoms with E-state index in [0.717, 1.165) is 13.0 Å². The van der Waals surface area contributed by atoms with Crippen LogP contribution >= 0.6 is 0 Å². The molecule has 2 saturated heterocycles. The number of likely N-dealkylation sites (N-methyl/N-ethyl adjacent to an activating group) is 1. The minimum Gasteiger partial charge on any atom is -0.317 e. The van der Waals surface area contributed by atoms with Crippen molar-refractivity contribution in [1.29, 1.82) is 0 Å². The highest BCUT2D eigenvalue weighted by Crippen LogP contribution is 2.43. The Morgan fingerprint density at radius 3 is 2.40 bits per heavy atom. The van der Waals surface area contributed by atoms with Crippen LogP contribution in [0.5, 0.6) is 0 Å². The van der Waals surface area contributed by atoms with Crippen molar-refractivity contribution in [3.63, 3.8) is 0 Å². The maximum Gasteiger partial charge on any atom is 0.391 e. The third-order valence-corrected chi connectivity index (χ3v) is 6.07. The molecule has 1 atom stereocenters. The Morgan fingerprint density at radius 1 is 1.12 bits per heavy atom. The number of carbonyl (C=O) groups excluding carboxylic acids is 2. The highest BCUT2D eigenvalue weighted by molar-refractivity contribution is 6.07. The molecular weight excluding hydrogens is 335 g/mol. The quantitative estimate of drug-likeness (QED) is 0.770. The average Bonchev–Trinajstić information content (AvgIpc) is 2.74. The number of imide groups is 1. The van der Waals surface area contributed by atoms with Crippen LogP contribution in [0.2, 0.25) is 0 Å². The zero-order chi connectivity index (χ0) is 18.2. The van der Waals surface area contributed by atoms with E-state index in [1.54, 1.807) is 4.90 Å². The van der Waals surface area contributed by atoms with Gasteiger partial charge in [0.25, 0.3) is 5.91 Å². The molecule has 1 aliphatic carbocycles. The van der Waals surface area contributed by atoms with Gasteiger partial charge in [0.05, 0.1) is 5.92 Å². The lowest BCUT2D eigenvalue weighted by Gasteiger charge is -2.34. The Balaban J connectivity index is 1.78. The Labute approximate surface area is 145 Å². The molecule has 3 amide bonds. The third kappa shape index (κ3) is 3.13. The molecule has 0 aromatic carbocycles. The number of hydrogen-bond donors (Lipinski definition) is 1. The number of halogens is 3. The largest absolute Gasteiger partial charge is 0.391 e. The first-order chi connectivity index (χ1) is 11.8. The average molecular weight is 361 g/mol. The molecule has 0 aromatic rings. The number of nitrogens with one attached hydrogen (secondary N) is 1. The molecular formula is C17H26F3N3O2. The van der Waals surface area contributed by atoms with E-state index in [1.807, 2.05) is 6.92 Å². The summed E-state index contributed by atoms with van der Waals surface area (Å²) in [5.41, 5.74) is -0.809. The van der Waals surface area contributed by atoms with E-state index < -0.39 is 23.7 Å². The van der Waals surface area contributed by atoms with Gasteiger partial charge in [-0.2, -0.15) is 13.2 Å². The van der Waals surface area contributed by atoms with Crippen molar-refractivity contribution in [2.45, 2.75) is 69.6 Å². The van der Waals surface area contributed by atoms with Crippen molar-refractivity contribution in [1.82, 2.24) is 15.1 Å². The van der Waals surface area contributed by atoms with Gasteiger partial charge in [-0.15, -0.1) is 0 Å². The second-order valence-electron chi connectivity index (χ2n) is 7.38. The van der Waals surface area contributed by atoms with Crippen molar-refractivity contribution in [2.75, 3.05) is 19.6 Å². The van der Waals surface area contributed by atoms with Crippen LogP contribution in [-0.2, 0) is 4.79 Å². The summed E-state index contributed by atoms with van der Waals surface area (Å²) in [6, 6.07) is -0.715. The highest BCUT2D eigenvalue weighted by atomic mass is 19.4. The van der Waals surface area contributed by atoms with E-state index in [-0.39, 0.29) is 37.6 Å². The predicted molar refractivity (Wildman–Crippen MR) is 85.9 cm³/mol. The van der Waals surface area contributed by atoms with Crippen LogP contribution in [0, 0.1) is 5.92 Å². The summed E-state index contributed by atoms with van der Waals surface area (Å²) in [7, 11) is 0. The van der Waals surface area contributed by atoms with Crippen LogP contribution in [0.15, 0.2) is 0 Å². The smallest absolute Gasteiger partial charge is 0.317 e. The number of amides is 3. The lowest BCUT2D eigenvalue weighted by Crippen LogP contribution is -2.50. The summed E-state index contributed by atoms with van der Waals surface area (Å²) >= 11 is 0. The standard InChI is InChI=1S/C17H26F3N3O2/c1-2-22-15(25)23(13-6-4-12(5-7-13)17(18,19)20)14(24)16(22)8-3-10-21-11-9-16/h12-13,21H,2-11H2,1H3. The molecule has 3 rings (SSSR count). The van der Waals surface area contributed by atoms with Crippen molar-refractivity contribution >= 4 is 11.9 Å². The molecule has 2 aliphatic heterocycles. The summed E-state index contributed by atoms with van der Waals surface area (Å²) in [6.45, 7) is 3.79. The molecule has 0 radical (unpaired) electrons. The van der Waals surface area contributed by atoms with Gasteiger partial charge < -0.3 is 10.2 Å².